The molecule has 1 amide bonds. The average Bonchev–Trinajstić information content (AvgIpc) is 2.53. The normalized spacial score (nSPS) is 10.7. The molecule has 0 atom stereocenters. The van der Waals surface area contributed by atoms with Crippen molar-refractivity contribution in [2.45, 2.75) is 40.0 Å². The Morgan fingerprint density at radius 2 is 1.87 bits per heavy atom. The fraction of sp³-hybridized carbons (Fsp3) is 0.389. The molecule has 0 saturated heterocycles. The summed E-state index contributed by atoms with van der Waals surface area (Å²) in [6, 6.07) is 9.56. The van der Waals surface area contributed by atoms with Crippen LogP contribution < -0.4 is 10.6 Å². The Bertz CT molecular complexity index is 665. The molecule has 1 aromatic heterocycles. The van der Waals surface area contributed by atoms with Crippen LogP contribution in [0.15, 0.2) is 30.3 Å². The summed E-state index contributed by atoms with van der Waals surface area (Å²) in [5.41, 5.74) is 2.37. The molecule has 5 heteroatoms. The lowest BCUT2D eigenvalue weighted by Gasteiger charge is -2.10. The number of hydrogen-bond acceptors (Lipinski definition) is 4. The van der Waals surface area contributed by atoms with Crippen LogP contribution in [-0.4, -0.2) is 22.4 Å². The van der Waals surface area contributed by atoms with Gasteiger partial charge in [0.05, 0.1) is 0 Å². The van der Waals surface area contributed by atoms with E-state index in [4.69, 9.17) is 0 Å². The Morgan fingerprint density at radius 3 is 2.48 bits per heavy atom. The molecule has 5 nitrogen and oxygen atoms in total. The van der Waals surface area contributed by atoms with Gasteiger partial charge in [0.1, 0.15) is 17.3 Å². The van der Waals surface area contributed by atoms with Gasteiger partial charge in [-0.1, -0.05) is 32.9 Å². The van der Waals surface area contributed by atoms with Gasteiger partial charge in [-0.3, -0.25) is 4.79 Å². The first-order valence-electron chi connectivity index (χ1n) is 8.00. The second-order valence-corrected chi connectivity index (χ2v) is 5.84. The Kier molecular flexibility index (Phi) is 5.68. The summed E-state index contributed by atoms with van der Waals surface area (Å²) >= 11 is 0. The van der Waals surface area contributed by atoms with E-state index >= 15 is 0 Å². The Hall–Kier alpha value is -2.43. The molecule has 0 fully saturated rings. The highest BCUT2D eigenvalue weighted by Gasteiger charge is 2.11. The van der Waals surface area contributed by atoms with Crippen molar-refractivity contribution in [1.82, 2.24) is 9.97 Å². The highest BCUT2D eigenvalue weighted by molar-refractivity contribution is 6.03. The van der Waals surface area contributed by atoms with Crippen LogP contribution in [0.4, 0.5) is 11.5 Å². The zero-order valence-electron chi connectivity index (χ0n) is 14.2. The van der Waals surface area contributed by atoms with Crippen molar-refractivity contribution in [2.75, 3.05) is 17.2 Å². The number of aryl methyl sites for hydroxylation is 1. The molecule has 1 aromatic carbocycles. The fourth-order valence-corrected chi connectivity index (χ4v) is 2.17. The topological polar surface area (TPSA) is 66.9 Å². The first kappa shape index (κ1) is 16.9. The molecule has 2 N–H and O–H groups in total. The lowest BCUT2D eigenvalue weighted by molar-refractivity contribution is 0.102. The maximum absolute atomic E-state index is 12.4. The van der Waals surface area contributed by atoms with Gasteiger partial charge in [0, 0.05) is 18.3 Å². The molecule has 0 aliphatic carbocycles. The van der Waals surface area contributed by atoms with Crippen LogP contribution in [-0.2, 0) is 0 Å². The van der Waals surface area contributed by atoms with Crippen LogP contribution in [0.25, 0.3) is 0 Å². The maximum atomic E-state index is 12.4. The molecular formula is C18H24N4O. The molecule has 2 aromatic rings. The lowest BCUT2D eigenvalue weighted by atomic mass is 10.0. The quantitative estimate of drug-likeness (QED) is 0.846. The van der Waals surface area contributed by atoms with Gasteiger partial charge in [-0.05, 0) is 37.0 Å². The van der Waals surface area contributed by atoms with E-state index in [0.717, 1.165) is 18.7 Å². The van der Waals surface area contributed by atoms with Crippen LogP contribution in [0.1, 0.15) is 55.0 Å². The van der Waals surface area contributed by atoms with E-state index in [-0.39, 0.29) is 5.91 Å². The van der Waals surface area contributed by atoms with Crippen molar-refractivity contribution >= 4 is 17.4 Å². The summed E-state index contributed by atoms with van der Waals surface area (Å²) in [4.78, 5) is 20.9. The number of nitrogens with zero attached hydrogens (tertiary/aromatic N) is 2. The standard InChI is InChI=1S/C18H24N4O/c1-5-10-19-17-11-16(20-13(4)21-17)18(23)22-15-8-6-14(7-9-15)12(2)3/h6-9,11-12H,5,10H2,1-4H3,(H,22,23)(H,19,20,21). The van der Waals surface area contributed by atoms with Crippen molar-refractivity contribution in [2.24, 2.45) is 0 Å². The third-order valence-corrected chi connectivity index (χ3v) is 3.46. The van der Waals surface area contributed by atoms with Gasteiger partial charge >= 0.3 is 0 Å². The Labute approximate surface area is 137 Å². The maximum Gasteiger partial charge on any atom is 0.274 e. The molecule has 1 heterocycles. The number of amides is 1. The molecule has 0 saturated carbocycles. The van der Waals surface area contributed by atoms with Crippen LogP contribution in [0.2, 0.25) is 0 Å². The van der Waals surface area contributed by atoms with Crippen molar-refractivity contribution in [3.05, 3.63) is 47.4 Å². The van der Waals surface area contributed by atoms with Crippen LogP contribution in [0.3, 0.4) is 0 Å². The zero-order chi connectivity index (χ0) is 16.8. The smallest absolute Gasteiger partial charge is 0.274 e. The minimum Gasteiger partial charge on any atom is -0.370 e. The number of carbonyl (C=O) groups is 1. The molecule has 0 spiro atoms. The van der Waals surface area contributed by atoms with Crippen LogP contribution in [0.5, 0.6) is 0 Å². The van der Waals surface area contributed by atoms with Crippen LogP contribution in [0, 0.1) is 6.92 Å². The number of aromatic nitrogens is 2. The summed E-state index contributed by atoms with van der Waals surface area (Å²) < 4.78 is 0. The van der Waals surface area contributed by atoms with E-state index in [0.29, 0.717) is 23.3 Å². The van der Waals surface area contributed by atoms with E-state index in [1.54, 1.807) is 13.0 Å². The molecule has 122 valence electrons. The molecule has 0 unspecified atom stereocenters. The second-order valence-electron chi connectivity index (χ2n) is 5.84. The summed E-state index contributed by atoms with van der Waals surface area (Å²) in [6.07, 6.45) is 0.993. The number of nitrogens with one attached hydrogen (secondary N) is 2. The van der Waals surface area contributed by atoms with Gasteiger partial charge in [0.25, 0.3) is 5.91 Å². The predicted octanol–water partition coefficient (Wildman–Crippen LogP) is 3.98. The largest absolute Gasteiger partial charge is 0.370 e. The Balaban J connectivity index is 2.12. The molecule has 23 heavy (non-hydrogen) atoms. The van der Waals surface area contributed by atoms with Crippen molar-refractivity contribution in [1.29, 1.82) is 0 Å². The first-order valence-corrected chi connectivity index (χ1v) is 8.00. The number of hydrogen-bond donors (Lipinski definition) is 2. The summed E-state index contributed by atoms with van der Waals surface area (Å²) in [5.74, 6) is 1.50. The van der Waals surface area contributed by atoms with Gasteiger partial charge < -0.3 is 10.6 Å². The molecule has 0 aliphatic heterocycles. The Morgan fingerprint density at radius 1 is 1.17 bits per heavy atom. The third-order valence-electron chi connectivity index (χ3n) is 3.46. The van der Waals surface area contributed by atoms with Crippen molar-refractivity contribution in [3.63, 3.8) is 0 Å². The molecular weight excluding hydrogens is 288 g/mol. The SMILES string of the molecule is CCCNc1cc(C(=O)Nc2ccc(C(C)C)cc2)nc(C)n1. The van der Waals surface area contributed by atoms with E-state index in [1.165, 1.54) is 5.56 Å². The van der Waals surface area contributed by atoms with Crippen molar-refractivity contribution in [3.8, 4) is 0 Å². The van der Waals surface area contributed by atoms with Gasteiger partial charge in [-0.2, -0.15) is 0 Å². The lowest BCUT2D eigenvalue weighted by Crippen LogP contribution is -2.16. The minimum absolute atomic E-state index is 0.229. The second kappa shape index (κ2) is 7.72. The van der Waals surface area contributed by atoms with Gasteiger partial charge in [0.15, 0.2) is 0 Å². The highest BCUT2D eigenvalue weighted by Crippen LogP contribution is 2.18. The summed E-state index contributed by atoms with van der Waals surface area (Å²) in [5, 5.41) is 6.06. The number of benzene rings is 1. The first-order chi connectivity index (χ1) is 11.0. The van der Waals surface area contributed by atoms with Crippen LogP contribution >= 0.6 is 0 Å². The van der Waals surface area contributed by atoms with Crippen molar-refractivity contribution < 1.29 is 4.79 Å². The minimum atomic E-state index is -0.229. The third kappa shape index (κ3) is 4.77. The number of anilines is 2. The molecule has 0 radical (unpaired) electrons. The van der Waals surface area contributed by atoms with E-state index in [9.17, 15) is 4.79 Å². The van der Waals surface area contributed by atoms with E-state index in [1.807, 2.05) is 24.3 Å². The van der Waals surface area contributed by atoms with Gasteiger partial charge in [-0.15, -0.1) is 0 Å². The zero-order valence-corrected chi connectivity index (χ0v) is 14.2. The molecule has 2 rings (SSSR count). The van der Waals surface area contributed by atoms with E-state index < -0.39 is 0 Å². The number of rotatable bonds is 6. The molecule has 0 aliphatic rings. The van der Waals surface area contributed by atoms with E-state index in [2.05, 4.69) is 41.4 Å². The summed E-state index contributed by atoms with van der Waals surface area (Å²) in [6.45, 7) is 8.96. The monoisotopic (exact) mass is 312 g/mol. The number of carbonyl (C=O) groups excluding carboxylic acids is 1. The summed E-state index contributed by atoms with van der Waals surface area (Å²) in [7, 11) is 0. The fourth-order valence-electron chi connectivity index (χ4n) is 2.17. The molecule has 0 bridgehead atoms. The predicted molar refractivity (Wildman–Crippen MR) is 94.0 cm³/mol. The average molecular weight is 312 g/mol. The van der Waals surface area contributed by atoms with Gasteiger partial charge in [-0.25, -0.2) is 9.97 Å². The highest BCUT2D eigenvalue weighted by atomic mass is 16.1. The van der Waals surface area contributed by atoms with Gasteiger partial charge in [0.2, 0.25) is 0 Å².